The van der Waals surface area contributed by atoms with E-state index in [1.165, 1.54) is 4.88 Å². The van der Waals surface area contributed by atoms with E-state index in [0.29, 0.717) is 12.1 Å². The summed E-state index contributed by atoms with van der Waals surface area (Å²) in [5.74, 6) is 0. The van der Waals surface area contributed by atoms with E-state index in [1.54, 1.807) is 11.3 Å². The number of nitrogens with zero attached hydrogens (tertiary/aromatic N) is 1. The van der Waals surface area contributed by atoms with Gasteiger partial charge in [0.05, 0.1) is 11.7 Å². The number of hydrogen-bond donors (Lipinski definition) is 1. The highest BCUT2D eigenvalue weighted by Crippen LogP contribution is 2.24. The van der Waals surface area contributed by atoms with Crippen molar-refractivity contribution in [2.75, 3.05) is 6.61 Å². The van der Waals surface area contributed by atoms with Crippen molar-refractivity contribution in [3.05, 3.63) is 21.9 Å². The first-order valence-corrected chi connectivity index (χ1v) is 6.52. The van der Waals surface area contributed by atoms with Crippen LogP contribution in [0.3, 0.4) is 0 Å². The molecular weight excluding hydrogens is 220 g/mol. The number of thiophene rings is 1. The standard InChI is InChI=1S/C12H16N2OS/c1-2-15-11-4-10(5-11)14-7-12-3-9(6-13)8-16-12/h3,8,10-11,14H,2,4-5,7H2,1H3. The Morgan fingerprint density at radius 2 is 2.44 bits per heavy atom. The molecule has 1 saturated carbocycles. The summed E-state index contributed by atoms with van der Waals surface area (Å²) in [5, 5.41) is 14.1. The van der Waals surface area contributed by atoms with Crippen LogP contribution >= 0.6 is 11.3 Å². The van der Waals surface area contributed by atoms with Crippen LogP contribution in [-0.2, 0) is 11.3 Å². The second-order valence-electron chi connectivity index (χ2n) is 4.04. The topological polar surface area (TPSA) is 45.0 Å². The van der Waals surface area contributed by atoms with Gasteiger partial charge in [0.25, 0.3) is 0 Å². The predicted molar refractivity (Wildman–Crippen MR) is 64.3 cm³/mol. The minimum atomic E-state index is 0.459. The number of rotatable bonds is 5. The lowest BCUT2D eigenvalue weighted by Gasteiger charge is -2.35. The fourth-order valence-corrected chi connectivity index (χ4v) is 2.64. The van der Waals surface area contributed by atoms with Crippen LogP contribution in [0.5, 0.6) is 0 Å². The summed E-state index contributed by atoms with van der Waals surface area (Å²) in [7, 11) is 0. The molecule has 0 amide bonds. The van der Waals surface area contributed by atoms with Gasteiger partial charge in [-0.3, -0.25) is 0 Å². The quantitative estimate of drug-likeness (QED) is 0.853. The van der Waals surface area contributed by atoms with Gasteiger partial charge in [-0.15, -0.1) is 11.3 Å². The largest absolute Gasteiger partial charge is 0.378 e. The molecule has 1 aromatic rings. The van der Waals surface area contributed by atoms with Crippen molar-refractivity contribution in [2.24, 2.45) is 0 Å². The summed E-state index contributed by atoms with van der Waals surface area (Å²) in [6, 6.07) is 4.69. The number of nitriles is 1. The monoisotopic (exact) mass is 236 g/mol. The molecule has 0 aliphatic heterocycles. The number of nitrogens with one attached hydrogen (secondary N) is 1. The first-order chi connectivity index (χ1) is 7.81. The van der Waals surface area contributed by atoms with E-state index in [-0.39, 0.29) is 0 Å². The van der Waals surface area contributed by atoms with E-state index in [2.05, 4.69) is 11.4 Å². The molecule has 4 heteroatoms. The molecule has 1 aliphatic carbocycles. The molecule has 1 heterocycles. The Morgan fingerprint density at radius 1 is 1.62 bits per heavy atom. The predicted octanol–water partition coefficient (Wildman–Crippen LogP) is 2.28. The van der Waals surface area contributed by atoms with E-state index in [9.17, 15) is 0 Å². The smallest absolute Gasteiger partial charge is 0.100 e. The summed E-state index contributed by atoms with van der Waals surface area (Å²) in [6.07, 6.45) is 2.69. The minimum absolute atomic E-state index is 0.459. The Labute approximate surface area is 100 Å². The van der Waals surface area contributed by atoms with Gasteiger partial charge in [-0.2, -0.15) is 5.26 Å². The van der Waals surface area contributed by atoms with E-state index in [4.69, 9.17) is 10.00 Å². The Kier molecular flexibility index (Phi) is 3.94. The van der Waals surface area contributed by atoms with Crippen LogP contribution in [0.4, 0.5) is 0 Å². The molecule has 1 fully saturated rings. The molecule has 2 rings (SSSR count). The number of hydrogen-bond acceptors (Lipinski definition) is 4. The first kappa shape index (κ1) is 11.6. The van der Waals surface area contributed by atoms with Crippen molar-refractivity contribution in [1.82, 2.24) is 5.32 Å². The molecule has 1 aliphatic rings. The van der Waals surface area contributed by atoms with Gasteiger partial charge in [-0.25, -0.2) is 0 Å². The lowest BCUT2D eigenvalue weighted by atomic mass is 9.89. The molecule has 86 valence electrons. The van der Waals surface area contributed by atoms with Gasteiger partial charge in [0, 0.05) is 29.5 Å². The highest BCUT2D eigenvalue weighted by atomic mass is 32.1. The lowest BCUT2D eigenvalue weighted by Crippen LogP contribution is -2.44. The zero-order chi connectivity index (χ0) is 11.4. The maximum absolute atomic E-state index is 8.70. The average Bonchev–Trinajstić information content (AvgIpc) is 2.69. The van der Waals surface area contributed by atoms with Crippen molar-refractivity contribution < 1.29 is 4.74 Å². The fourth-order valence-electron chi connectivity index (χ4n) is 1.88. The van der Waals surface area contributed by atoms with Gasteiger partial charge in [0.2, 0.25) is 0 Å². The Morgan fingerprint density at radius 3 is 3.06 bits per heavy atom. The van der Waals surface area contributed by atoms with Crippen LogP contribution in [-0.4, -0.2) is 18.8 Å². The Bertz CT molecular complexity index is 377. The molecule has 1 aromatic heterocycles. The van der Waals surface area contributed by atoms with Crippen LogP contribution in [0.25, 0.3) is 0 Å². The normalized spacial score (nSPS) is 23.8. The molecular formula is C12H16N2OS. The fraction of sp³-hybridized carbons (Fsp3) is 0.583. The summed E-state index contributed by atoms with van der Waals surface area (Å²) in [4.78, 5) is 1.23. The summed E-state index contributed by atoms with van der Waals surface area (Å²) < 4.78 is 5.50. The maximum atomic E-state index is 8.70. The van der Waals surface area contributed by atoms with Gasteiger partial charge in [0.15, 0.2) is 0 Å². The Balaban J connectivity index is 1.68. The van der Waals surface area contributed by atoms with Crippen LogP contribution in [0.2, 0.25) is 0 Å². The molecule has 0 aromatic carbocycles. The lowest BCUT2D eigenvalue weighted by molar-refractivity contribution is -0.0101. The van der Waals surface area contributed by atoms with Gasteiger partial charge in [-0.05, 0) is 25.8 Å². The van der Waals surface area contributed by atoms with Crippen molar-refractivity contribution in [3.8, 4) is 6.07 Å². The first-order valence-electron chi connectivity index (χ1n) is 5.64. The molecule has 0 unspecified atom stereocenters. The van der Waals surface area contributed by atoms with E-state index >= 15 is 0 Å². The third-order valence-corrected chi connectivity index (χ3v) is 3.78. The van der Waals surface area contributed by atoms with Crippen molar-refractivity contribution in [2.45, 2.75) is 38.5 Å². The zero-order valence-corrected chi connectivity index (χ0v) is 10.2. The highest BCUT2D eigenvalue weighted by molar-refractivity contribution is 7.10. The molecule has 0 bridgehead atoms. The third kappa shape index (κ3) is 2.82. The Hall–Kier alpha value is -0.890. The van der Waals surface area contributed by atoms with Crippen LogP contribution in [0, 0.1) is 11.3 Å². The SMILES string of the molecule is CCOC1CC(NCc2cc(C#N)cs2)C1. The van der Waals surface area contributed by atoms with Crippen molar-refractivity contribution in [3.63, 3.8) is 0 Å². The van der Waals surface area contributed by atoms with E-state index in [0.717, 1.165) is 31.6 Å². The third-order valence-electron chi connectivity index (χ3n) is 2.85. The highest BCUT2D eigenvalue weighted by Gasteiger charge is 2.28. The zero-order valence-electron chi connectivity index (χ0n) is 9.40. The van der Waals surface area contributed by atoms with Crippen LogP contribution in [0.1, 0.15) is 30.2 Å². The van der Waals surface area contributed by atoms with Gasteiger partial charge < -0.3 is 10.1 Å². The van der Waals surface area contributed by atoms with Gasteiger partial charge >= 0.3 is 0 Å². The molecule has 16 heavy (non-hydrogen) atoms. The van der Waals surface area contributed by atoms with Crippen LogP contribution in [0.15, 0.2) is 11.4 Å². The second kappa shape index (κ2) is 5.44. The molecule has 3 nitrogen and oxygen atoms in total. The van der Waals surface area contributed by atoms with E-state index < -0.39 is 0 Å². The average molecular weight is 236 g/mol. The minimum Gasteiger partial charge on any atom is -0.378 e. The van der Waals surface area contributed by atoms with Crippen molar-refractivity contribution in [1.29, 1.82) is 5.26 Å². The molecule has 0 radical (unpaired) electrons. The van der Waals surface area contributed by atoms with Crippen molar-refractivity contribution >= 4 is 11.3 Å². The number of ether oxygens (including phenoxy) is 1. The maximum Gasteiger partial charge on any atom is 0.100 e. The molecule has 0 saturated heterocycles. The van der Waals surface area contributed by atoms with Gasteiger partial charge in [0.1, 0.15) is 6.07 Å². The van der Waals surface area contributed by atoms with Crippen LogP contribution < -0.4 is 5.32 Å². The molecule has 0 spiro atoms. The van der Waals surface area contributed by atoms with E-state index in [1.807, 2.05) is 18.4 Å². The summed E-state index contributed by atoms with van der Waals surface area (Å²) in [5.41, 5.74) is 0.766. The second-order valence-corrected chi connectivity index (χ2v) is 5.04. The summed E-state index contributed by atoms with van der Waals surface area (Å²) >= 11 is 1.65. The summed E-state index contributed by atoms with van der Waals surface area (Å²) in [6.45, 7) is 3.72. The molecule has 0 atom stereocenters. The molecule has 1 N–H and O–H groups in total. The van der Waals surface area contributed by atoms with Gasteiger partial charge in [-0.1, -0.05) is 0 Å².